The van der Waals surface area contributed by atoms with E-state index in [9.17, 15) is 14.0 Å². The Bertz CT molecular complexity index is 325. The summed E-state index contributed by atoms with van der Waals surface area (Å²) < 4.78 is 12.9. The zero-order valence-electron chi connectivity index (χ0n) is 6.71. The number of halogens is 1. The van der Waals surface area contributed by atoms with E-state index in [1.165, 1.54) is 24.5 Å². The van der Waals surface area contributed by atoms with Gasteiger partial charge >= 0.3 is 0 Å². The van der Waals surface area contributed by atoms with Crippen LogP contribution < -0.4 is 5.32 Å². The second kappa shape index (κ2) is 4.35. The maximum Gasteiger partial charge on any atom is 0.254 e. The van der Waals surface area contributed by atoms with Crippen LogP contribution in [0.5, 0.6) is 0 Å². The van der Waals surface area contributed by atoms with E-state index in [1.54, 1.807) is 6.07 Å². The van der Waals surface area contributed by atoms with E-state index in [2.05, 4.69) is 5.32 Å². The van der Waals surface area contributed by atoms with Crippen LogP contribution in [-0.2, 0) is 4.79 Å². The highest BCUT2D eigenvalue weighted by atomic mass is 19.1. The van der Waals surface area contributed by atoms with E-state index in [0.717, 1.165) is 0 Å². The van der Waals surface area contributed by atoms with Crippen LogP contribution in [0.1, 0.15) is 10.4 Å². The van der Waals surface area contributed by atoms with Gasteiger partial charge in [-0.1, -0.05) is 12.1 Å². The van der Waals surface area contributed by atoms with Crippen molar-refractivity contribution in [3.05, 3.63) is 35.6 Å². The average molecular weight is 180 g/mol. The first kappa shape index (κ1) is 9.38. The maximum absolute atomic E-state index is 12.9. The molecule has 1 aromatic carbocycles. The quantitative estimate of drug-likeness (QED) is 0.742. The SMILES string of the molecule is O=[C]CNC(=O)c1ccccc1F. The minimum Gasteiger partial charge on any atom is -0.344 e. The van der Waals surface area contributed by atoms with Crippen LogP contribution in [0.15, 0.2) is 24.3 Å². The molecule has 0 saturated heterocycles. The summed E-state index contributed by atoms with van der Waals surface area (Å²) in [7, 11) is 0. The summed E-state index contributed by atoms with van der Waals surface area (Å²) in [5.74, 6) is -1.22. The lowest BCUT2D eigenvalue weighted by Crippen LogP contribution is -2.25. The lowest BCUT2D eigenvalue weighted by molar-refractivity contribution is 0.0955. The van der Waals surface area contributed by atoms with Gasteiger partial charge in [0, 0.05) is 0 Å². The third kappa shape index (κ3) is 2.37. The Balaban J connectivity index is 2.76. The Kier molecular flexibility index (Phi) is 3.14. The van der Waals surface area contributed by atoms with E-state index in [0.29, 0.717) is 0 Å². The summed E-state index contributed by atoms with van der Waals surface area (Å²) in [6.07, 6.45) is 1.48. The maximum atomic E-state index is 12.9. The molecule has 13 heavy (non-hydrogen) atoms. The smallest absolute Gasteiger partial charge is 0.254 e. The second-order valence-electron chi connectivity index (χ2n) is 2.31. The number of rotatable bonds is 3. The number of benzene rings is 1. The van der Waals surface area contributed by atoms with Gasteiger partial charge in [0.05, 0.1) is 12.1 Å². The Morgan fingerprint density at radius 2 is 2.15 bits per heavy atom. The summed E-state index contributed by atoms with van der Waals surface area (Å²) in [5, 5.41) is 2.19. The molecule has 1 radical (unpaired) electrons. The van der Waals surface area contributed by atoms with Crippen LogP contribution in [0.4, 0.5) is 4.39 Å². The third-order valence-electron chi connectivity index (χ3n) is 1.44. The molecule has 0 aliphatic heterocycles. The number of hydrogen-bond acceptors (Lipinski definition) is 2. The van der Waals surface area contributed by atoms with Crippen LogP contribution in [0.25, 0.3) is 0 Å². The molecule has 1 aromatic rings. The van der Waals surface area contributed by atoms with Crippen molar-refractivity contribution >= 4 is 12.2 Å². The molecule has 67 valence electrons. The molecule has 4 heteroatoms. The number of carbonyl (C=O) groups excluding carboxylic acids is 2. The predicted molar refractivity (Wildman–Crippen MR) is 44.4 cm³/mol. The summed E-state index contributed by atoms with van der Waals surface area (Å²) in [6.45, 7) is -0.229. The van der Waals surface area contributed by atoms with Crippen molar-refractivity contribution in [2.45, 2.75) is 0 Å². The molecule has 0 bridgehead atoms. The summed E-state index contributed by atoms with van der Waals surface area (Å²) >= 11 is 0. The van der Waals surface area contributed by atoms with Gasteiger partial charge in [-0.3, -0.25) is 9.59 Å². The molecule has 1 rings (SSSR count). The van der Waals surface area contributed by atoms with E-state index >= 15 is 0 Å². The van der Waals surface area contributed by atoms with Crippen molar-refractivity contribution in [2.24, 2.45) is 0 Å². The topological polar surface area (TPSA) is 46.2 Å². The summed E-state index contributed by atoms with van der Waals surface area (Å²) in [5.41, 5.74) is -0.0715. The molecule has 0 saturated carbocycles. The summed E-state index contributed by atoms with van der Waals surface area (Å²) in [4.78, 5) is 20.9. The molecule has 3 nitrogen and oxygen atoms in total. The van der Waals surface area contributed by atoms with Gasteiger partial charge in [0.15, 0.2) is 0 Å². The molecule has 0 spiro atoms. The van der Waals surface area contributed by atoms with Gasteiger partial charge in [0.25, 0.3) is 5.91 Å². The van der Waals surface area contributed by atoms with Crippen molar-refractivity contribution in [2.75, 3.05) is 6.54 Å². The fourth-order valence-electron chi connectivity index (χ4n) is 0.857. The molecule has 1 amide bonds. The van der Waals surface area contributed by atoms with E-state index in [1.807, 2.05) is 0 Å². The molecule has 0 aromatic heterocycles. The highest BCUT2D eigenvalue weighted by Crippen LogP contribution is 2.05. The van der Waals surface area contributed by atoms with Crippen molar-refractivity contribution in [1.82, 2.24) is 5.32 Å². The Morgan fingerprint density at radius 3 is 2.77 bits per heavy atom. The first-order valence-corrected chi connectivity index (χ1v) is 3.63. The first-order valence-electron chi connectivity index (χ1n) is 3.63. The van der Waals surface area contributed by atoms with Crippen LogP contribution in [0, 0.1) is 5.82 Å². The lowest BCUT2D eigenvalue weighted by Gasteiger charge is -2.01. The third-order valence-corrected chi connectivity index (χ3v) is 1.44. The minimum atomic E-state index is -0.610. The lowest BCUT2D eigenvalue weighted by atomic mass is 10.2. The molecular weight excluding hydrogens is 173 g/mol. The first-order chi connectivity index (χ1) is 6.25. The van der Waals surface area contributed by atoms with Gasteiger partial charge < -0.3 is 5.32 Å². The number of nitrogens with one attached hydrogen (secondary N) is 1. The molecule has 0 atom stereocenters. The highest BCUT2D eigenvalue weighted by molar-refractivity contribution is 5.95. The van der Waals surface area contributed by atoms with Crippen molar-refractivity contribution in [3.8, 4) is 0 Å². The fourth-order valence-corrected chi connectivity index (χ4v) is 0.857. The van der Waals surface area contributed by atoms with Crippen LogP contribution in [0.2, 0.25) is 0 Å². The molecule has 0 aliphatic rings. The van der Waals surface area contributed by atoms with Gasteiger partial charge in [-0.15, -0.1) is 0 Å². The largest absolute Gasteiger partial charge is 0.344 e. The van der Waals surface area contributed by atoms with Crippen LogP contribution in [-0.4, -0.2) is 18.7 Å². The molecule has 0 aliphatic carbocycles. The van der Waals surface area contributed by atoms with E-state index in [-0.39, 0.29) is 12.1 Å². The second-order valence-corrected chi connectivity index (χ2v) is 2.31. The molecule has 0 fully saturated rings. The van der Waals surface area contributed by atoms with Gasteiger partial charge in [-0.2, -0.15) is 0 Å². The standard InChI is InChI=1S/C9H7FNO2/c10-8-4-2-1-3-7(8)9(13)11-5-6-12/h1-4H,5H2,(H,11,13). The van der Waals surface area contributed by atoms with Gasteiger partial charge in [-0.25, -0.2) is 4.39 Å². The number of carbonyl (C=O) groups is 1. The number of amides is 1. The minimum absolute atomic E-state index is 0.0715. The van der Waals surface area contributed by atoms with Gasteiger partial charge in [0.1, 0.15) is 5.82 Å². The average Bonchev–Trinajstić information content (AvgIpc) is 2.15. The van der Waals surface area contributed by atoms with Crippen LogP contribution >= 0.6 is 0 Å². The zero-order valence-corrected chi connectivity index (χ0v) is 6.71. The monoisotopic (exact) mass is 180 g/mol. The molecule has 0 unspecified atom stereocenters. The highest BCUT2D eigenvalue weighted by Gasteiger charge is 2.08. The normalized spacial score (nSPS) is 9.31. The molecule has 1 N–H and O–H groups in total. The van der Waals surface area contributed by atoms with Crippen molar-refractivity contribution < 1.29 is 14.0 Å². The Labute approximate surface area is 74.6 Å². The molecular formula is C9H7FNO2. The van der Waals surface area contributed by atoms with Crippen LogP contribution in [0.3, 0.4) is 0 Å². The van der Waals surface area contributed by atoms with Crippen molar-refractivity contribution in [3.63, 3.8) is 0 Å². The summed E-state index contributed by atoms with van der Waals surface area (Å²) in [6, 6.07) is 5.55. The fraction of sp³-hybridized carbons (Fsp3) is 0.111. The van der Waals surface area contributed by atoms with E-state index in [4.69, 9.17) is 0 Å². The van der Waals surface area contributed by atoms with Gasteiger partial charge in [-0.05, 0) is 12.1 Å². The Morgan fingerprint density at radius 1 is 1.46 bits per heavy atom. The van der Waals surface area contributed by atoms with Gasteiger partial charge in [0.2, 0.25) is 6.29 Å². The molecule has 0 heterocycles. The zero-order chi connectivity index (χ0) is 9.68. The van der Waals surface area contributed by atoms with E-state index < -0.39 is 11.7 Å². The van der Waals surface area contributed by atoms with Crippen molar-refractivity contribution in [1.29, 1.82) is 0 Å². The number of hydrogen-bond donors (Lipinski definition) is 1. The Hall–Kier alpha value is -1.71. The predicted octanol–water partition coefficient (Wildman–Crippen LogP) is 0.665.